The fourth-order valence-corrected chi connectivity index (χ4v) is 4.46. The first-order valence-electron chi connectivity index (χ1n) is 9.25. The van der Waals surface area contributed by atoms with Crippen LogP contribution in [0.2, 0.25) is 0 Å². The third-order valence-electron chi connectivity index (χ3n) is 5.00. The average Bonchev–Trinajstić information content (AvgIpc) is 3.36. The fourth-order valence-electron chi connectivity index (χ4n) is 3.71. The fraction of sp³-hybridized carbons (Fsp3) is 0.0400. The highest BCUT2D eigenvalue weighted by Gasteiger charge is 2.25. The Morgan fingerprint density at radius 2 is 1.32 bits per heavy atom. The number of hydrogen-bond acceptors (Lipinski definition) is 2. The maximum Gasteiger partial charge on any atom is 0.149 e. The third-order valence-corrected chi connectivity index (χ3v) is 5.80. The molecule has 0 saturated carbocycles. The smallest absolute Gasteiger partial charge is 0.149 e. The SMILES string of the molecule is CSc1c(-c2ccccc2)oc(-c2ccccc2)c1-c1c[nH]c2ccccc12. The van der Waals surface area contributed by atoms with Crippen molar-refractivity contribution in [3.63, 3.8) is 0 Å². The van der Waals surface area contributed by atoms with Crippen LogP contribution in [0.1, 0.15) is 0 Å². The molecule has 0 bridgehead atoms. The Morgan fingerprint density at radius 1 is 0.714 bits per heavy atom. The first-order chi connectivity index (χ1) is 13.9. The highest BCUT2D eigenvalue weighted by atomic mass is 32.2. The maximum absolute atomic E-state index is 6.55. The Labute approximate surface area is 168 Å². The molecule has 0 aliphatic carbocycles. The van der Waals surface area contributed by atoms with Crippen molar-refractivity contribution in [1.29, 1.82) is 0 Å². The van der Waals surface area contributed by atoms with Crippen molar-refractivity contribution < 1.29 is 4.42 Å². The number of rotatable bonds is 4. The molecule has 2 aromatic heterocycles. The molecule has 0 aliphatic rings. The van der Waals surface area contributed by atoms with Crippen LogP contribution in [-0.4, -0.2) is 11.2 Å². The Kier molecular flexibility index (Phi) is 4.30. The highest BCUT2D eigenvalue weighted by Crippen LogP contribution is 2.48. The molecule has 2 heterocycles. The van der Waals surface area contributed by atoms with Gasteiger partial charge in [0.2, 0.25) is 0 Å². The molecule has 0 amide bonds. The van der Waals surface area contributed by atoms with Crippen LogP contribution in [0.5, 0.6) is 0 Å². The summed E-state index contributed by atoms with van der Waals surface area (Å²) in [7, 11) is 0. The van der Waals surface area contributed by atoms with Crippen molar-refractivity contribution in [2.75, 3.05) is 6.26 Å². The molecule has 0 radical (unpaired) electrons. The monoisotopic (exact) mass is 381 g/mol. The zero-order valence-corrected chi connectivity index (χ0v) is 16.3. The van der Waals surface area contributed by atoms with E-state index in [4.69, 9.17) is 4.42 Å². The van der Waals surface area contributed by atoms with Gasteiger partial charge in [0, 0.05) is 39.4 Å². The summed E-state index contributed by atoms with van der Waals surface area (Å²) >= 11 is 1.73. The largest absolute Gasteiger partial charge is 0.454 e. The zero-order valence-electron chi connectivity index (χ0n) is 15.5. The summed E-state index contributed by atoms with van der Waals surface area (Å²) in [6.45, 7) is 0. The van der Waals surface area contributed by atoms with E-state index in [0.29, 0.717) is 0 Å². The Balaban J connectivity index is 1.85. The lowest BCUT2D eigenvalue weighted by molar-refractivity contribution is 0.593. The highest BCUT2D eigenvalue weighted by molar-refractivity contribution is 7.98. The van der Waals surface area contributed by atoms with Crippen molar-refractivity contribution in [3.05, 3.63) is 91.1 Å². The minimum absolute atomic E-state index is 0.911. The molecule has 0 aliphatic heterocycles. The van der Waals surface area contributed by atoms with Crippen LogP contribution in [0.15, 0.2) is 100 Å². The van der Waals surface area contributed by atoms with Crippen LogP contribution in [0.25, 0.3) is 44.7 Å². The normalized spacial score (nSPS) is 11.2. The van der Waals surface area contributed by atoms with Gasteiger partial charge >= 0.3 is 0 Å². The van der Waals surface area contributed by atoms with Crippen LogP contribution >= 0.6 is 11.8 Å². The second kappa shape index (κ2) is 7.10. The molecule has 0 unspecified atom stereocenters. The van der Waals surface area contributed by atoms with Crippen molar-refractivity contribution in [2.45, 2.75) is 4.90 Å². The molecule has 0 spiro atoms. The van der Waals surface area contributed by atoms with Crippen molar-refractivity contribution in [3.8, 4) is 33.8 Å². The van der Waals surface area contributed by atoms with E-state index in [1.54, 1.807) is 11.8 Å². The molecule has 1 N–H and O–H groups in total. The summed E-state index contributed by atoms with van der Waals surface area (Å²) < 4.78 is 6.55. The van der Waals surface area contributed by atoms with Gasteiger partial charge in [-0.15, -0.1) is 11.8 Å². The minimum atomic E-state index is 0.911. The van der Waals surface area contributed by atoms with E-state index in [1.165, 1.54) is 10.9 Å². The lowest BCUT2D eigenvalue weighted by atomic mass is 10.0. The predicted molar refractivity (Wildman–Crippen MR) is 119 cm³/mol. The second-order valence-corrected chi connectivity index (χ2v) is 7.47. The summed E-state index contributed by atoms with van der Waals surface area (Å²) in [4.78, 5) is 4.58. The van der Waals surface area contributed by atoms with E-state index in [1.807, 2.05) is 12.1 Å². The molecule has 28 heavy (non-hydrogen) atoms. The molecule has 5 aromatic rings. The molecule has 3 heteroatoms. The molecule has 0 atom stereocenters. The van der Waals surface area contributed by atoms with Crippen LogP contribution in [0.3, 0.4) is 0 Å². The number of furan rings is 1. The molecular weight excluding hydrogens is 362 g/mol. The summed E-state index contributed by atoms with van der Waals surface area (Å²) in [5.41, 5.74) is 5.63. The number of fused-ring (bicyclic) bond motifs is 1. The van der Waals surface area contributed by atoms with E-state index in [2.05, 4.69) is 90.2 Å². The molecular formula is C25H19NOS. The Morgan fingerprint density at radius 3 is 2.00 bits per heavy atom. The first kappa shape index (κ1) is 17.0. The molecule has 0 saturated heterocycles. The standard InChI is InChI=1S/C25H19NOS/c1-28-25-22(20-16-26-21-15-9-8-14-19(20)21)23(17-10-4-2-5-11-17)27-24(25)18-12-6-3-7-13-18/h2-16,26H,1H3. The van der Waals surface area contributed by atoms with E-state index >= 15 is 0 Å². The van der Waals surface area contributed by atoms with Crippen LogP contribution in [0.4, 0.5) is 0 Å². The topological polar surface area (TPSA) is 28.9 Å². The van der Waals surface area contributed by atoms with Gasteiger partial charge in [-0.3, -0.25) is 0 Å². The number of nitrogens with one attached hydrogen (secondary N) is 1. The predicted octanol–water partition coefficient (Wildman–Crippen LogP) is 7.48. The molecule has 2 nitrogen and oxygen atoms in total. The zero-order chi connectivity index (χ0) is 18.9. The third kappa shape index (κ3) is 2.76. The van der Waals surface area contributed by atoms with Gasteiger partial charge in [-0.2, -0.15) is 0 Å². The Bertz CT molecular complexity index is 1240. The van der Waals surface area contributed by atoms with Gasteiger partial charge in [0.25, 0.3) is 0 Å². The molecule has 5 rings (SSSR count). The van der Waals surface area contributed by atoms with Gasteiger partial charge in [0.05, 0.1) is 4.90 Å². The first-order valence-corrected chi connectivity index (χ1v) is 10.5. The number of aromatic amines is 1. The van der Waals surface area contributed by atoms with Crippen molar-refractivity contribution in [1.82, 2.24) is 4.98 Å². The quantitative estimate of drug-likeness (QED) is 0.327. The number of H-pyrrole nitrogens is 1. The Hall–Kier alpha value is -3.17. The number of benzene rings is 3. The molecule has 136 valence electrons. The van der Waals surface area contributed by atoms with Gasteiger partial charge in [-0.05, 0) is 12.3 Å². The van der Waals surface area contributed by atoms with Crippen LogP contribution < -0.4 is 0 Å². The summed E-state index contributed by atoms with van der Waals surface area (Å²) in [6.07, 6.45) is 4.21. The lowest BCUT2D eigenvalue weighted by Crippen LogP contribution is -1.82. The molecule has 0 fully saturated rings. The van der Waals surface area contributed by atoms with E-state index in [-0.39, 0.29) is 0 Å². The average molecular weight is 382 g/mol. The van der Waals surface area contributed by atoms with Gasteiger partial charge in [0.15, 0.2) is 0 Å². The number of aromatic nitrogens is 1. The second-order valence-electron chi connectivity index (χ2n) is 6.65. The number of para-hydroxylation sites is 1. The lowest BCUT2D eigenvalue weighted by Gasteiger charge is -2.05. The van der Waals surface area contributed by atoms with Gasteiger partial charge in [-0.25, -0.2) is 0 Å². The van der Waals surface area contributed by atoms with E-state index < -0.39 is 0 Å². The van der Waals surface area contributed by atoms with Gasteiger partial charge in [0.1, 0.15) is 11.5 Å². The molecule has 3 aromatic carbocycles. The minimum Gasteiger partial charge on any atom is -0.454 e. The summed E-state index contributed by atoms with van der Waals surface area (Å²) in [6, 6.07) is 29.1. The van der Waals surface area contributed by atoms with E-state index in [9.17, 15) is 0 Å². The summed E-state index contributed by atoms with van der Waals surface area (Å²) in [5, 5.41) is 1.20. The van der Waals surface area contributed by atoms with Gasteiger partial charge < -0.3 is 9.40 Å². The van der Waals surface area contributed by atoms with Gasteiger partial charge in [-0.1, -0.05) is 78.9 Å². The van der Waals surface area contributed by atoms with Crippen LogP contribution in [0, 0.1) is 0 Å². The number of thioether (sulfide) groups is 1. The van der Waals surface area contributed by atoms with E-state index in [0.717, 1.165) is 38.6 Å². The summed E-state index contributed by atoms with van der Waals surface area (Å²) in [5.74, 6) is 1.83. The van der Waals surface area contributed by atoms with Crippen molar-refractivity contribution in [2.24, 2.45) is 0 Å². The maximum atomic E-state index is 6.55. The number of hydrogen-bond donors (Lipinski definition) is 1. The van der Waals surface area contributed by atoms with Crippen molar-refractivity contribution >= 4 is 22.7 Å². The van der Waals surface area contributed by atoms with Crippen LogP contribution in [-0.2, 0) is 0 Å².